The largest absolute Gasteiger partial charge is 0.426 e. The Labute approximate surface area is 150 Å². The zero-order chi connectivity index (χ0) is 18.1. The van der Waals surface area contributed by atoms with Gasteiger partial charge in [-0.2, -0.15) is 0 Å². The van der Waals surface area contributed by atoms with Crippen LogP contribution >= 0.6 is 11.6 Å². The fourth-order valence-electron chi connectivity index (χ4n) is 2.58. The number of benzene rings is 2. The van der Waals surface area contributed by atoms with E-state index in [4.69, 9.17) is 20.8 Å². The van der Waals surface area contributed by atoms with E-state index < -0.39 is 5.63 Å². The standard InChI is InChI=1S/C20H17ClO4/c1-11(2)19(22)24-15-8-9-16-12(3)18(20(23)25-17(16)10-15)13-4-6-14(21)7-5-13/h4-11H,1-3H3. The maximum atomic E-state index is 12.5. The molecule has 0 N–H and O–H groups in total. The van der Waals surface area contributed by atoms with E-state index >= 15 is 0 Å². The van der Waals surface area contributed by atoms with Crippen LogP contribution in [0.4, 0.5) is 0 Å². The Hall–Kier alpha value is -2.59. The van der Waals surface area contributed by atoms with Gasteiger partial charge in [0.05, 0.1) is 11.5 Å². The molecule has 3 aromatic rings. The van der Waals surface area contributed by atoms with Crippen LogP contribution in [0.15, 0.2) is 51.7 Å². The molecule has 4 nitrogen and oxygen atoms in total. The van der Waals surface area contributed by atoms with Crippen LogP contribution in [0, 0.1) is 12.8 Å². The van der Waals surface area contributed by atoms with Gasteiger partial charge < -0.3 is 9.15 Å². The first-order valence-corrected chi connectivity index (χ1v) is 8.29. The molecule has 0 aliphatic carbocycles. The third kappa shape index (κ3) is 3.44. The molecule has 5 heteroatoms. The summed E-state index contributed by atoms with van der Waals surface area (Å²) in [4.78, 5) is 24.2. The normalized spacial score (nSPS) is 11.1. The van der Waals surface area contributed by atoms with Crippen molar-refractivity contribution in [3.8, 4) is 16.9 Å². The lowest BCUT2D eigenvalue weighted by atomic mass is 9.99. The van der Waals surface area contributed by atoms with Gasteiger partial charge in [0.2, 0.25) is 0 Å². The second-order valence-electron chi connectivity index (χ2n) is 6.13. The second-order valence-corrected chi connectivity index (χ2v) is 6.57. The summed E-state index contributed by atoms with van der Waals surface area (Å²) in [5.41, 5.74) is 1.98. The van der Waals surface area contributed by atoms with Gasteiger partial charge in [0, 0.05) is 16.5 Å². The summed E-state index contributed by atoms with van der Waals surface area (Å²) in [6.45, 7) is 5.38. The number of hydrogen-bond donors (Lipinski definition) is 0. The zero-order valence-corrected chi connectivity index (χ0v) is 14.9. The number of esters is 1. The fourth-order valence-corrected chi connectivity index (χ4v) is 2.71. The van der Waals surface area contributed by atoms with Crippen LogP contribution in [0.5, 0.6) is 5.75 Å². The van der Waals surface area contributed by atoms with Gasteiger partial charge in [-0.1, -0.05) is 37.6 Å². The molecule has 0 aliphatic heterocycles. The fraction of sp³-hybridized carbons (Fsp3) is 0.200. The highest BCUT2D eigenvalue weighted by Gasteiger charge is 2.15. The van der Waals surface area contributed by atoms with Gasteiger partial charge in [0.1, 0.15) is 11.3 Å². The molecule has 0 bridgehead atoms. The monoisotopic (exact) mass is 356 g/mol. The smallest absolute Gasteiger partial charge is 0.344 e. The van der Waals surface area contributed by atoms with E-state index in [2.05, 4.69) is 0 Å². The molecule has 3 rings (SSSR count). The Morgan fingerprint density at radius 3 is 2.44 bits per heavy atom. The zero-order valence-electron chi connectivity index (χ0n) is 14.1. The Kier molecular flexibility index (Phi) is 4.64. The van der Waals surface area contributed by atoms with Gasteiger partial charge in [-0.05, 0) is 42.3 Å². The third-order valence-corrected chi connectivity index (χ3v) is 4.21. The van der Waals surface area contributed by atoms with Crippen LogP contribution in [0.1, 0.15) is 19.4 Å². The van der Waals surface area contributed by atoms with Gasteiger partial charge in [0.25, 0.3) is 0 Å². The molecule has 25 heavy (non-hydrogen) atoms. The summed E-state index contributed by atoms with van der Waals surface area (Å²) < 4.78 is 10.7. The van der Waals surface area contributed by atoms with E-state index in [1.54, 1.807) is 56.3 Å². The highest BCUT2D eigenvalue weighted by atomic mass is 35.5. The predicted molar refractivity (Wildman–Crippen MR) is 98.1 cm³/mol. The lowest BCUT2D eigenvalue weighted by Crippen LogP contribution is -2.14. The van der Waals surface area contributed by atoms with Crippen molar-refractivity contribution >= 4 is 28.5 Å². The molecule has 0 unspecified atom stereocenters. The summed E-state index contributed by atoms with van der Waals surface area (Å²) in [7, 11) is 0. The Balaban J connectivity index is 2.10. The van der Waals surface area contributed by atoms with E-state index in [-0.39, 0.29) is 11.9 Å². The van der Waals surface area contributed by atoms with Crippen LogP contribution in [-0.2, 0) is 4.79 Å². The van der Waals surface area contributed by atoms with Crippen molar-refractivity contribution in [1.82, 2.24) is 0 Å². The van der Waals surface area contributed by atoms with Crippen molar-refractivity contribution < 1.29 is 13.9 Å². The Morgan fingerprint density at radius 1 is 1.12 bits per heavy atom. The average molecular weight is 357 g/mol. The summed E-state index contributed by atoms with van der Waals surface area (Å²) in [5.74, 6) is -0.221. The van der Waals surface area contributed by atoms with Gasteiger partial charge in [0.15, 0.2) is 0 Å². The first-order chi connectivity index (χ1) is 11.9. The van der Waals surface area contributed by atoms with Crippen LogP contribution in [0.2, 0.25) is 5.02 Å². The topological polar surface area (TPSA) is 56.5 Å². The van der Waals surface area contributed by atoms with Crippen molar-refractivity contribution in [1.29, 1.82) is 0 Å². The minimum absolute atomic E-state index is 0.239. The molecule has 2 aromatic carbocycles. The van der Waals surface area contributed by atoms with Gasteiger partial charge in [-0.25, -0.2) is 4.79 Å². The number of fused-ring (bicyclic) bond motifs is 1. The first kappa shape index (κ1) is 17.2. The van der Waals surface area contributed by atoms with Crippen LogP contribution in [-0.4, -0.2) is 5.97 Å². The van der Waals surface area contributed by atoms with Crippen molar-refractivity contribution in [2.45, 2.75) is 20.8 Å². The maximum absolute atomic E-state index is 12.5. The molecule has 0 fully saturated rings. The minimum atomic E-state index is -0.445. The molecule has 1 heterocycles. The molecule has 128 valence electrons. The molecule has 0 radical (unpaired) electrons. The number of rotatable bonds is 3. The molecule has 0 saturated carbocycles. The van der Waals surface area contributed by atoms with E-state index in [9.17, 15) is 9.59 Å². The second kappa shape index (κ2) is 6.73. The quantitative estimate of drug-likeness (QED) is 0.377. The Morgan fingerprint density at radius 2 is 1.80 bits per heavy atom. The number of ether oxygens (including phenoxy) is 1. The predicted octanol–water partition coefficient (Wildman–Crippen LogP) is 4.98. The summed E-state index contributed by atoms with van der Waals surface area (Å²) >= 11 is 5.91. The lowest BCUT2D eigenvalue weighted by molar-refractivity contribution is -0.137. The highest BCUT2D eigenvalue weighted by Crippen LogP contribution is 2.29. The maximum Gasteiger partial charge on any atom is 0.344 e. The van der Waals surface area contributed by atoms with E-state index in [1.807, 2.05) is 6.92 Å². The number of aryl methyl sites for hydroxylation is 1. The van der Waals surface area contributed by atoms with Crippen LogP contribution < -0.4 is 10.4 Å². The summed E-state index contributed by atoms with van der Waals surface area (Å²) in [6, 6.07) is 12.1. The summed E-state index contributed by atoms with van der Waals surface area (Å²) in [5, 5.41) is 1.39. The first-order valence-electron chi connectivity index (χ1n) is 7.92. The number of halogens is 1. The van der Waals surface area contributed by atoms with E-state index in [0.29, 0.717) is 21.9 Å². The van der Waals surface area contributed by atoms with E-state index in [0.717, 1.165) is 16.5 Å². The minimum Gasteiger partial charge on any atom is -0.426 e. The van der Waals surface area contributed by atoms with Gasteiger partial charge >= 0.3 is 11.6 Å². The Bertz CT molecular complexity index is 1000. The molecular weight excluding hydrogens is 340 g/mol. The van der Waals surface area contributed by atoms with Crippen molar-refractivity contribution in [3.05, 3.63) is 63.5 Å². The highest BCUT2D eigenvalue weighted by molar-refractivity contribution is 6.30. The van der Waals surface area contributed by atoms with Crippen molar-refractivity contribution in [3.63, 3.8) is 0 Å². The molecule has 0 saturated heterocycles. The number of hydrogen-bond acceptors (Lipinski definition) is 4. The molecule has 0 aliphatic rings. The van der Waals surface area contributed by atoms with Gasteiger partial charge in [-0.3, -0.25) is 4.79 Å². The van der Waals surface area contributed by atoms with Crippen molar-refractivity contribution in [2.24, 2.45) is 5.92 Å². The van der Waals surface area contributed by atoms with Crippen molar-refractivity contribution in [2.75, 3.05) is 0 Å². The summed E-state index contributed by atoms with van der Waals surface area (Å²) in [6.07, 6.45) is 0. The SMILES string of the molecule is Cc1c(-c2ccc(Cl)cc2)c(=O)oc2cc(OC(=O)C(C)C)ccc12. The lowest BCUT2D eigenvalue weighted by Gasteiger charge is -2.10. The van der Waals surface area contributed by atoms with Crippen LogP contribution in [0.3, 0.4) is 0 Å². The van der Waals surface area contributed by atoms with Gasteiger partial charge in [-0.15, -0.1) is 0 Å². The molecule has 0 amide bonds. The number of carbonyl (C=O) groups excluding carboxylic acids is 1. The average Bonchev–Trinajstić information content (AvgIpc) is 2.56. The molecule has 0 spiro atoms. The third-order valence-electron chi connectivity index (χ3n) is 3.96. The van der Waals surface area contributed by atoms with E-state index in [1.165, 1.54) is 0 Å². The number of carbonyl (C=O) groups is 1. The van der Waals surface area contributed by atoms with Crippen LogP contribution in [0.25, 0.3) is 22.1 Å². The molecular formula is C20H17ClO4. The molecule has 1 aromatic heterocycles. The molecule has 0 atom stereocenters.